The summed E-state index contributed by atoms with van der Waals surface area (Å²) in [5.41, 5.74) is 7.91. The van der Waals surface area contributed by atoms with Crippen molar-refractivity contribution in [1.82, 2.24) is 30.6 Å². The first-order valence-corrected chi connectivity index (χ1v) is 22.7. The van der Waals surface area contributed by atoms with Gasteiger partial charge in [0.1, 0.15) is 22.5 Å². The Kier molecular flexibility index (Phi) is 9.79. The number of carbonyl (C=O) groups is 2. The number of aromatic hydroxyl groups is 1. The highest BCUT2D eigenvalue weighted by Crippen LogP contribution is 2.61. The van der Waals surface area contributed by atoms with Gasteiger partial charge in [0.15, 0.2) is 11.6 Å². The van der Waals surface area contributed by atoms with Crippen molar-refractivity contribution in [3.8, 4) is 27.4 Å². The van der Waals surface area contributed by atoms with Gasteiger partial charge >= 0.3 is 0 Å². The van der Waals surface area contributed by atoms with Crippen molar-refractivity contribution in [3.63, 3.8) is 0 Å². The van der Waals surface area contributed by atoms with E-state index in [0.717, 1.165) is 58.3 Å². The number of phenols is 1. The van der Waals surface area contributed by atoms with Crippen LogP contribution >= 0.6 is 22.7 Å². The molecule has 4 aliphatic rings. The van der Waals surface area contributed by atoms with Crippen molar-refractivity contribution < 1.29 is 24.3 Å². The minimum absolute atomic E-state index is 0.0842. The van der Waals surface area contributed by atoms with Crippen LogP contribution in [0.15, 0.2) is 70.7 Å². The minimum Gasteiger partial charge on any atom is -0.507 e. The molecular weight excluding hydrogens is 795 g/mol. The lowest BCUT2D eigenvalue weighted by Crippen LogP contribution is -2.62. The number of aliphatic hydroxyl groups excluding tert-OH is 1. The topological polar surface area (TPSA) is 158 Å². The van der Waals surface area contributed by atoms with Gasteiger partial charge < -0.3 is 29.9 Å². The SMILES string of the molecule is Cc1ncsc1-c1ccc([C@H](C)NC(=O)[C@@H]2C[C@@H](O)CN2C(=O)C(c2cc(N3CC4(CC(c5sc6nnc(-c7ccccc7O)cc6c5C5CC5)C4)C3)no2)C(C)C)cc1. The fourth-order valence-electron chi connectivity index (χ4n) is 9.90. The number of carbonyl (C=O) groups excluding carboxylic acids is 2. The molecule has 10 rings (SSSR count). The Morgan fingerprint density at radius 3 is 2.47 bits per heavy atom. The van der Waals surface area contributed by atoms with Gasteiger partial charge in [0.2, 0.25) is 11.8 Å². The van der Waals surface area contributed by atoms with Gasteiger partial charge in [-0.1, -0.05) is 55.4 Å². The Morgan fingerprint density at radius 2 is 1.77 bits per heavy atom. The number of thiazole rings is 1. The lowest BCUT2D eigenvalue weighted by atomic mass is 9.57. The predicted octanol–water partition coefficient (Wildman–Crippen LogP) is 8.32. The molecule has 4 aromatic heterocycles. The maximum atomic E-state index is 14.3. The summed E-state index contributed by atoms with van der Waals surface area (Å²) in [5.74, 6) is 1.15. The van der Waals surface area contributed by atoms with Gasteiger partial charge in [0.25, 0.3) is 0 Å². The zero-order valence-corrected chi connectivity index (χ0v) is 35.8. The summed E-state index contributed by atoms with van der Waals surface area (Å²) in [6.45, 7) is 9.71. The lowest BCUT2D eigenvalue weighted by molar-refractivity contribution is -0.141. The van der Waals surface area contributed by atoms with E-state index in [1.165, 1.54) is 33.6 Å². The Bertz CT molecular complexity index is 2580. The molecular formula is C46H49N7O5S2. The molecule has 6 aromatic rings. The standard InChI is InChI=1S/C46H49N7O5S2/c1-24(2)39(45(57)53-20-31(54)15-35(53)43(56)48-25(3)27-9-13-29(14-10-27)41-26(4)47-23-59-41)37-17-38(51-58-37)52-21-46(22-52)18-30(19-46)42-40(28-11-12-28)33-16-34(49-50-44(33)60-42)32-7-5-6-8-36(32)55/h5-10,13-14,16-17,23-25,28,30-31,35,39,54-55H,11-12,15,18-22H2,1-4H3,(H,48,56)/t25-,31+,35-,39?/m0/s1. The van der Waals surface area contributed by atoms with Crippen molar-refractivity contribution in [3.05, 3.63) is 93.6 Å². The second-order valence-corrected chi connectivity index (χ2v) is 19.8. The number of hydrogen-bond acceptors (Lipinski definition) is 12. The smallest absolute Gasteiger partial charge is 0.243 e. The van der Waals surface area contributed by atoms with E-state index in [9.17, 15) is 19.8 Å². The first-order valence-electron chi connectivity index (χ1n) is 21.0. The van der Waals surface area contributed by atoms with Crippen molar-refractivity contribution in [2.75, 3.05) is 24.5 Å². The fraction of sp³-hybridized carbons (Fsp3) is 0.435. The second kappa shape index (κ2) is 15.1. The Balaban J connectivity index is 0.787. The molecule has 0 radical (unpaired) electrons. The molecule has 4 fully saturated rings. The van der Waals surface area contributed by atoms with Crippen molar-refractivity contribution in [2.24, 2.45) is 11.3 Å². The third-order valence-corrected chi connectivity index (χ3v) is 15.4. The summed E-state index contributed by atoms with van der Waals surface area (Å²) < 4.78 is 5.92. The highest BCUT2D eigenvalue weighted by Gasteiger charge is 2.55. The summed E-state index contributed by atoms with van der Waals surface area (Å²) in [6.07, 6.45) is 3.97. The molecule has 12 nitrogen and oxygen atoms in total. The number of aromatic nitrogens is 4. The number of fused-ring (bicyclic) bond motifs is 1. The number of amides is 2. The van der Waals surface area contributed by atoms with Crippen LogP contribution in [0.4, 0.5) is 5.82 Å². The van der Waals surface area contributed by atoms with E-state index in [0.29, 0.717) is 28.9 Å². The molecule has 3 N–H and O–H groups in total. The summed E-state index contributed by atoms with van der Waals surface area (Å²) in [6, 6.07) is 18.3. The quantitative estimate of drug-likeness (QED) is 0.116. The normalized spacial score (nSPS) is 21.0. The average molecular weight is 844 g/mol. The molecule has 2 amide bonds. The number of anilines is 1. The molecule has 1 spiro atoms. The third kappa shape index (κ3) is 6.95. The number of thiophene rings is 1. The number of benzene rings is 2. The lowest BCUT2D eigenvalue weighted by Gasteiger charge is -2.59. The first kappa shape index (κ1) is 39.0. The maximum absolute atomic E-state index is 14.3. The van der Waals surface area contributed by atoms with Crippen LogP contribution in [0.25, 0.3) is 31.9 Å². The number of β-amino-alcohol motifs (C(OH)–C–C–N with tert-alkyl or cyclic N) is 1. The van der Waals surface area contributed by atoms with E-state index in [2.05, 4.69) is 36.6 Å². The maximum Gasteiger partial charge on any atom is 0.243 e. The largest absolute Gasteiger partial charge is 0.507 e. The van der Waals surface area contributed by atoms with Crippen LogP contribution in [0.3, 0.4) is 0 Å². The number of para-hydroxylation sites is 1. The molecule has 2 saturated carbocycles. The molecule has 2 aromatic carbocycles. The number of rotatable bonds is 11. The molecule has 1 unspecified atom stereocenters. The molecule has 6 heterocycles. The predicted molar refractivity (Wildman–Crippen MR) is 232 cm³/mol. The Hall–Kier alpha value is -5.18. The van der Waals surface area contributed by atoms with Crippen LogP contribution in [0, 0.1) is 18.3 Å². The Morgan fingerprint density at radius 1 is 1.00 bits per heavy atom. The zero-order valence-electron chi connectivity index (χ0n) is 34.2. The van der Waals surface area contributed by atoms with E-state index in [1.807, 2.05) is 81.7 Å². The fourth-order valence-corrected chi connectivity index (χ4v) is 12.0. The molecule has 14 heteroatoms. The molecule has 310 valence electrons. The number of aliphatic hydroxyl groups is 1. The van der Waals surface area contributed by atoms with Crippen LogP contribution in [-0.2, 0) is 9.59 Å². The number of likely N-dealkylation sites (tertiary alicyclic amines) is 1. The van der Waals surface area contributed by atoms with Crippen molar-refractivity contribution in [2.45, 2.75) is 95.7 Å². The number of hydrogen-bond donors (Lipinski definition) is 3. The number of nitrogens with zero attached hydrogens (tertiary/aromatic N) is 6. The highest BCUT2D eigenvalue weighted by molar-refractivity contribution is 7.19. The van der Waals surface area contributed by atoms with Gasteiger partial charge in [0, 0.05) is 53.4 Å². The van der Waals surface area contributed by atoms with Crippen LogP contribution in [0.5, 0.6) is 5.75 Å². The van der Waals surface area contributed by atoms with Gasteiger partial charge in [-0.05, 0) is 92.2 Å². The minimum atomic E-state index is -0.800. The summed E-state index contributed by atoms with van der Waals surface area (Å²) in [4.78, 5) is 39.8. The summed E-state index contributed by atoms with van der Waals surface area (Å²) in [5, 5.41) is 39.1. The number of aryl methyl sites for hydroxylation is 1. The Labute approximate surface area is 356 Å². The van der Waals surface area contributed by atoms with Crippen LogP contribution in [-0.4, -0.2) is 79.0 Å². The molecule has 2 aliphatic carbocycles. The van der Waals surface area contributed by atoms with Crippen molar-refractivity contribution >= 4 is 50.5 Å². The average Bonchev–Trinajstić information content (AvgIpc) is 3.49. The molecule has 60 heavy (non-hydrogen) atoms. The number of phenolic OH excluding ortho intramolecular Hbond substituents is 1. The van der Waals surface area contributed by atoms with Gasteiger partial charge in [-0.2, -0.15) is 0 Å². The molecule has 2 aliphatic heterocycles. The third-order valence-electron chi connectivity index (χ3n) is 13.2. The molecule has 4 atom stereocenters. The van der Waals surface area contributed by atoms with Crippen LogP contribution < -0.4 is 10.2 Å². The van der Waals surface area contributed by atoms with Crippen LogP contribution in [0.2, 0.25) is 0 Å². The monoisotopic (exact) mass is 843 g/mol. The van der Waals surface area contributed by atoms with E-state index < -0.39 is 18.1 Å². The highest BCUT2D eigenvalue weighted by atomic mass is 32.1. The second-order valence-electron chi connectivity index (χ2n) is 17.9. The van der Waals surface area contributed by atoms with Gasteiger partial charge in [-0.15, -0.1) is 32.9 Å². The molecule has 2 saturated heterocycles. The molecule has 0 bridgehead atoms. The van der Waals surface area contributed by atoms with E-state index in [-0.39, 0.29) is 47.9 Å². The van der Waals surface area contributed by atoms with Gasteiger partial charge in [-0.25, -0.2) is 4.98 Å². The van der Waals surface area contributed by atoms with E-state index in [1.54, 1.807) is 28.7 Å². The summed E-state index contributed by atoms with van der Waals surface area (Å²) >= 11 is 3.39. The van der Waals surface area contributed by atoms with Gasteiger partial charge in [0.05, 0.1) is 33.9 Å². The van der Waals surface area contributed by atoms with Crippen molar-refractivity contribution in [1.29, 1.82) is 0 Å². The number of nitrogens with one attached hydrogen (secondary N) is 1. The zero-order chi connectivity index (χ0) is 41.4. The van der Waals surface area contributed by atoms with Crippen LogP contribution in [0.1, 0.15) is 104 Å². The van der Waals surface area contributed by atoms with Gasteiger partial charge in [-0.3, -0.25) is 9.59 Å². The van der Waals surface area contributed by atoms with E-state index >= 15 is 0 Å². The summed E-state index contributed by atoms with van der Waals surface area (Å²) in [7, 11) is 0. The van der Waals surface area contributed by atoms with E-state index in [4.69, 9.17) is 4.52 Å². The first-order chi connectivity index (χ1) is 28.9.